The van der Waals surface area contributed by atoms with E-state index in [-0.39, 0.29) is 35.2 Å². The summed E-state index contributed by atoms with van der Waals surface area (Å²) in [5, 5.41) is 2.82. The van der Waals surface area contributed by atoms with E-state index in [0.717, 1.165) is 0 Å². The van der Waals surface area contributed by atoms with Crippen LogP contribution in [0.25, 0.3) is 11.0 Å². The minimum Gasteiger partial charge on any atom is -0.493 e. The van der Waals surface area contributed by atoms with Gasteiger partial charge in [-0.3, -0.25) is 9.59 Å². The Balaban J connectivity index is 1.55. The van der Waals surface area contributed by atoms with Crippen molar-refractivity contribution in [2.75, 3.05) is 26.1 Å². The van der Waals surface area contributed by atoms with Crippen LogP contribution in [0.4, 0.5) is 10.1 Å². The number of primary amides is 1. The molecule has 1 aromatic heterocycles. The van der Waals surface area contributed by atoms with Crippen molar-refractivity contribution in [3.8, 4) is 17.2 Å². The Morgan fingerprint density at radius 2 is 1.77 bits per heavy atom. The largest absolute Gasteiger partial charge is 0.493 e. The number of H-pyrrole nitrogens is 1. The zero-order valence-corrected chi connectivity index (χ0v) is 19.1. The molecule has 0 fully saturated rings. The maximum Gasteiger partial charge on any atom is 0.255 e. The van der Waals surface area contributed by atoms with E-state index >= 15 is 0 Å². The van der Waals surface area contributed by atoms with Crippen LogP contribution in [0, 0.1) is 5.82 Å². The van der Waals surface area contributed by atoms with E-state index in [9.17, 15) is 14.0 Å². The van der Waals surface area contributed by atoms with E-state index in [1.54, 1.807) is 36.4 Å². The number of hydrogen-bond acceptors (Lipinski definition) is 6. The lowest BCUT2D eigenvalue weighted by atomic mass is 10.1. The van der Waals surface area contributed by atoms with Crippen molar-refractivity contribution < 1.29 is 28.2 Å². The van der Waals surface area contributed by atoms with Crippen molar-refractivity contribution in [1.82, 2.24) is 9.97 Å². The number of rotatable bonds is 9. The van der Waals surface area contributed by atoms with Crippen molar-refractivity contribution in [3.63, 3.8) is 0 Å². The van der Waals surface area contributed by atoms with Crippen molar-refractivity contribution in [2.24, 2.45) is 5.73 Å². The summed E-state index contributed by atoms with van der Waals surface area (Å²) in [7, 11) is 2.80. The van der Waals surface area contributed by atoms with Gasteiger partial charge in [-0.15, -0.1) is 0 Å². The molecule has 4 aromatic rings. The molecule has 0 spiro atoms. The summed E-state index contributed by atoms with van der Waals surface area (Å²) in [6.07, 6.45) is 0.312. The van der Waals surface area contributed by atoms with Crippen LogP contribution in [-0.4, -0.2) is 42.6 Å². The molecule has 0 aliphatic heterocycles. The molecule has 0 unspecified atom stereocenters. The van der Waals surface area contributed by atoms with Crippen LogP contribution >= 0.6 is 0 Å². The number of fused-ring (bicyclic) bond motifs is 1. The van der Waals surface area contributed by atoms with E-state index in [4.69, 9.17) is 19.9 Å². The van der Waals surface area contributed by atoms with E-state index in [2.05, 4.69) is 15.3 Å². The lowest BCUT2D eigenvalue weighted by Crippen LogP contribution is -2.20. The lowest BCUT2D eigenvalue weighted by Gasteiger charge is -2.15. The molecular formula is C25H23FN4O5. The molecule has 0 aliphatic carbocycles. The fourth-order valence-corrected chi connectivity index (χ4v) is 3.55. The van der Waals surface area contributed by atoms with Crippen LogP contribution in [0.2, 0.25) is 0 Å². The molecule has 10 heteroatoms. The molecule has 180 valence electrons. The summed E-state index contributed by atoms with van der Waals surface area (Å²) in [4.78, 5) is 31.7. The summed E-state index contributed by atoms with van der Waals surface area (Å²) < 4.78 is 30.0. The number of ether oxygens (including phenoxy) is 3. The Labute approximate surface area is 200 Å². The van der Waals surface area contributed by atoms with Crippen molar-refractivity contribution in [3.05, 3.63) is 77.4 Å². The van der Waals surface area contributed by atoms with Gasteiger partial charge in [-0.25, -0.2) is 9.37 Å². The average Bonchev–Trinajstić information content (AvgIpc) is 3.25. The lowest BCUT2D eigenvalue weighted by molar-refractivity contribution is -0.120. The van der Waals surface area contributed by atoms with Gasteiger partial charge in [-0.2, -0.15) is 0 Å². The Kier molecular flexibility index (Phi) is 6.81. The smallest absolute Gasteiger partial charge is 0.255 e. The predicted molar refractivity (Wildman–Crippen MR) is 127 cm³/mol. The molecule has 0 bridgehead atoms. The first-order valence-electron chi connectivity index (χ1n) is 10.6. The topological polar surface area (TPSA) is 129 Å². The van der Waals surface area contributed by atoms with Crippen LogP contribution in [0.3, 0.4) is 0 Å². The number of benzene rings is 3. The van der Waals surface area contributed by atoms with Gasteiger partial charge in [0.05, 0.1) is 25.3 Å². The van der Waals surface area contributed by atoms with Crippen molar-refractivity contribution >= 4 is 28.5 Å². The highest BCUT2D eigenvalue weighted by atomic mass is 19.1. The number of halogens is 1. The van der Waals surface area contributed by atoms with E-state index in [1.807, 2.05) is 0 Å². The van der Waals surface area contributed by atoms with Crippen molar-refractivity contribution in [1.29, 1.82) is 0 Å². The van der Waals surface area contributed by atoms with Gasteiger partial charge < -0.3 is 30.2 Å². The number of aromatic amines is 1. The first kappa shape index (κ1) is 23.6. The third-order valence-electron chi connectivity index (χ3n) is 5.19. The second-order valence-electron chi connectivity index (χ2n) is 7.60. The minimum atomic E-state index is -0.665. The van der Waals surface area contributed by atoms with Gasteiger partial charge >= 0.3 is 0 Å². The highest BCUT2D eigenvalue weighted by Gasteiger charge is 2.19. The summed E-state index contributed by atoms with van der Waals surface area (Å²) in [6, 6.07) is 14.7. The third-order valence-corrected chi connectivity index (χ3v) is 5.19. The molecule has 9 nitrogen and oxygen atoms in total. The quantitative estimate of drug-likeness (QED) is 0.338. The van der Waals surface area contributed by atoms with Crippen LogP contribution < -0.4 is 25.3 Å². The van der Waals surface area contributed by atoms with E-state index in [1.165, 1.54) is 32.4 Å². The molecule has 2 amide bonds. The first-order valence-corrected chi connectivity index (χ1v) is 10.6. The van der Waals surface area contributed by atoms with Crippen LogP contribution in [0.5, 0.6) is 17.2 Å². The van der Waals surface area contributed by atoms with Gasteiger partial charge in [0.25, 0.3) is 11.8 Å². The molecule has 3 aromatic carbocycles. The Bertz CT molecular complexity index is 1380. The summed E-state index contributed by atoms with van der Waals surface area (Å²) in [5.74, 6) is -0.204. The number of nitrogens with zero attached hydrogens (tertiary/aromatic N) is 1. The first-order chi connectivity index (χ1) is 16.9. The third kappa shape index (κ3) is 5.32. The normalized spacial score (nSPS) is 10.7. The summed E-state index contributed by atoms with van der Waals surface area (Å²) >= 11 is 0. The second kappa shape index (κ2) is 10.1. The number of imidazole rings is 1. The van der Waals surface area contributed by atoms with Gasteiger partial charge in [0.1, 0.15) is 11.6 Å². The number of carbonyl (C=O) groups excluding carboxylic acids is 2. The number of methoxy groups -OCH3 is 2. The van der Waals surface area contributed by atoms with E-state index in [0.29, 0.717) is 34.5 Å². The minimum absolute atomic E-state index is 0.159. The molecule has 4 rings (SSSR count). The van der Waals surface area contributed by atoms with Gasteiger partial charge in [0.15, 0.2) is 18.1 Å². The Morgan fingerprint density at radius 3 is 2.43 bits per heavy atom. The molecule has 0 saturated carbocycles. The number of nitrogens with one attached hydrogen (secondary N) is 2. The number of aromatic nitrogens is 2. The fraction of sp³-hybridized carbons (Fsp3) is 0.160. The van der Waals surface area contributed by atoms with E-state index < -0.39 is 11.8 Å². The zero-order chi connectivity index (χ0) is 24.9. The average molecular weight is 478 g/mol. The van der Waals surface area contributed by atoms with Crippen molar-refractivity contribution in [2.45, 2.75) is 6.42 Å². The highest BCUT2D eigenvalue weighted by molar-refractivity contribution is 6.05. The number of nitrogens with two attached hydrogens (primary N) is 1. The Hall–Kier alpha value is -4.60. The predicted octanol–water partition coefficient (Wildman–Crippen LogP) is 3.43. The molecule has 0 aliphatic rings. The molecule has 35 heavy (non-hydrogen) atoms. The highest BCUT2D eigenvalue weighted by Crippen LogP contribution is 2.38. The van der Waals surface area contributed by atoms with Crippen LogP contribution in [0.15, 0.2) is 54.6 Å². The number of anilines is 1. The van der Waals surface area contributed by atoms with Gasteiger partial charge in [0, 0.05) is 17.7 Å². The van der Waals surface area contributed by atoms with Crippen LogP contribution in [-0.2, 0) is 11.2 Å². The summed E-state index contributed by atoms with van der Waals surface area (Å²) in [6.45, 7) is -0.374. The Morgan fingerprint density at radius 1 is 1.06 bits per heavy atom. The zero-order valence-electron chi connectivity index (χ0n) is 19.1. The van der Waals surface area contributed by atoms with Gasteiger partial charge in [-0.05, 0) is 42.0 Å². The fourth-order valence-electron chi connectivity index (χ4n) is 3.55. The standard InChI is InChI=1S/C25H23FN4O5/c1-33-20-9-15(10-21(34-2)24(20)35-13-22(27)31)25(32)28-16-7-8-18-19(12-16)30-23(29-18)11-14-5-3-4-6-17(14)26/h3-10,12H,11,13H2,1-2H3,(H2,27,31)(H,28,32)(H,29,30). The van der Waals surface area contributed by atoms with Gasteiger partial charge in [0.2, 0.25) is 5.75 Å². The SMILES string of the molecule is COc1cc(C(=O)Nc2ccc3nc(Cc4ccccc4F)[nH]c3c2)cc(OC)c1OCC(N)=O. The number of hydrogen-bond donors (Lipinski definition) is 3. The monoisotopic (exact) mass is 478 g/mol. The van der Waals surface area contributed by atoms with Gasteiger partial charge in [-0.1, -0.05) is 18.2 Å². The maximum absolute atomic E-state index is 14.0. The molecule has 0 saturated heterocycles. The molecule has 1 heterocycles. The number of amides is 2. The number of carbonyl (C=O) groups is 2. The summed E-state index contributed by atoms with van der Waals surface area (Å²) in [5.41, 5.74) is 7.83. The molecule has 4 N–H and O–H groups in total. The molecule has 0 atom stereocenters. The maximum atomic E-state index is 14.0. The molecule has 0 radical (unpaired) electrons. The second-order valence-corrected chi connectivity index (χ2v) is 7.60. The molecular weight excluding hydrogens is 455 g/mol. The van der Waals surface area contributed by atoms with Crippen LogP contribution in [0.1, 0.15) is 21.7 Å².